The lowest BCUT2D eigenvalue weighted by Gasteiger charge is -2.37. The van der Waals surface area contributed by atoms with Crippen molar-refractivity contribution in [3.63, 3.8) is 0 Å². The second kappa shape index (κ2) is 5.92. The Morgan fingerprint density at radius 3 is 2.74 bits per heavy atom. The van der Waals surface area contributed by atoms with Crippen LogP contribution in [0.5, 0.6) is 5.75 Å². The van der Waals surface area contributed by atoms with E-state index in [1.807, 2.05) is 18.2 Å². The Balaban J connectivity index is 1.89. The minimum absolute atomic E-state index is 0.534. The highest BCUT2D eigenvalue weighted by Crippen LogP contribution is 2.40. The zero-order valence-corrected chi connectivity index (χ0v) is 12.5. The highest BCUT2D eigenvalue weighted by Gasteiger charge is 2.43. The molecule has 19 heavy (non-hydrogen) atoms. The lowest BCUT2D eigenvalue weighted by Crippen LogP contribution is -2.45. The Kier molecular flexibility index (Phi) is 4.47. The van der Waals surface area contributed by atoms with Gasteiger partial charge in [-0.25, -0.2) is 0 Å². The third-order valence-electron chi connectivity index (χ3n) is 3.77. The second-order valence-corrected chi connectivity index (χ2v) is 5.87. The van der Waals surface area contributed by atoms with Crippen LogP contribution < -0.4 is 10.1 Å². The molecule has 1 aliphatic rings. The topological polar surface area (TPSA) is 58.6 Å². The number of hydrogen-bond donors (Lipinski definition) is 2. The number of hydrogen-bond acceptors (Lipinski definition) is 3. The summed E-state index contributed by atoms with van der Waals surface area (Å²) in [6.45, 7) is 1.20. The van der Waals surface area contributed by atoms with Gasteiger partial charge in [0.25, 0.3) is 0 Å². The minimum Gasteiger partial charge on any atom is -0.496 e. The molecule has 1 fully saturated rings. The van der Waals surface area contributed by atoms with E-state index in [1.165, 1.54) is 0 Å². The quantitative estimate of drug-likeness (QED) is 0.843. The highest BCUT2D eigenvalue weighted by atomic mass is 79.9. The van der Waals surface area contributed by atoms with Crippen LogP contribution in [0.15, 0.2) is 22.7 Å². The van der Waals surface area contributed by atoms with Gasteiger partial charge in [0, 0.05) is 13.1 Å². The Labute approximate surface area is 121 Å². The fraction of sp³-hybridized carbons (Fsp3) is 0.500. The molecule has 2 N–H and O–H groups in total. The SMILES string of the molecule is COc1ccc(CNCC2(C(=O)O)CCC2)cc1Br. The molecule has 0 saturated heterocycles. The third-order valence-corrected chi connectivity index (χ3v) is 4.39. The first kappa shape index (κ1) is 14.3. The van der Waals surface area contributed by atoms with Gasteiger partial charge in [-0.1, -0.05) is 12.5 Å². The van der Waals surface area contributed by atoms with Crippen molar-refractivity contribution in [3.8, 4) is 5.75 Å². The number of ether oxygens (including phenoxy) is 1. The lowest BCUT2D eigenvalue weighted by atomic mass is 9.69. The molecule has 1 aromatic carbocycles. The number of benzene rings is 1. The van der Waals surface area contributed by atoms with Crippen molar-refractivity contribution in [1.82, 2.24) is 5.32 Å². The van der Waals surface area contributed by atoms with Gasteiger partial charge in [-0.15, -0.1) is 0 Å². The number of aliphatic carboxylic acids is 1. The maximum atomic E-state index is 11.2. The van der Waals surface area contributed by atoms with E-state index >= 15 is 0 Å². The molecule has 0 aromatic heterocycles. The van der Waals surface area contributed by atoms with Gasteiger partial charge in [0.1, 0.15) is 5.75 Å². The first-order valence-electron chi connectivity index (χ1n) is 6.34. The van der Waals surface area contributed by atoms with Crippen molar-refractivity contribution < 1.29 is 14.6 Å². The van der Waals surface area contributed by atoms with Crippen LogP contribution >= 0.6 is 15.9 Å². The van der Waals surface area contributed by atoms with Gasteiger partial charge in [0.05, 0.1) is 17.0 Å². The van der Waals surface area contributed by atoms with E-state index < -0.39 is 11.4 Å². The molecular weight excluding hydrogens is 310 g/mol. The van der Waals surface area contributed by atoms with Crippen LogP contribution in [0.4, 0.5) is 0 Å². The van der Waals surface area contributed by atoms with Crippen LogP contribution in [0.25, 0.3) is 0 Å². The van der Waals surface area contributed by atoms with Crippen molar-refractivity contribution >= 4 is 21.9 Å². The number of methoxy groups -OCH3 is 1. The predicted molar refractivity (Wildman–Crippen MR) is 76.3 cm³/mol. The smallest absolute Gasteiger partial charge is 0.310 e. The fourth-order valence-electron chi connectivity index (χ4n) is 2.34. The molecule has 5 heteroatoms. The van der Waals surface area contributed by atoms with Crippen molar-refractivity contribution in [2.24, 2.45) is 5.41 Å². The average molecular weight is 328 g/mol. The van der Waals surface area contributed by atoms with Gasteiger partial charge < -0.3 is 15.2 Å². The molecule has 4 nitrogen and oxygen atoms in total. The van der Waals surface area contributed by atoms with Crippen molar-refractivity contribution in [1.29, 1.82) is 0 Å². The van der Waals surface area contributed by atoms with Gasteiger partial charge in [-0.2, -0.15) is 0 Å². The van der Waals surface area contributed by atoms with E-state index in [0.29, 0.717) is 13.1 Å². The number of carbonyl (C=O) groups is 1. The lowest BCUT2D eigenvalue weighted by molar-refractivity contribution is -0.154. The summed E-state index contributed by atoms with van der Waals surface area (Å²) in [6, 6.07) is 5.86. The Bertz CT molecular complexity index is 472. The van der Waals surface area contributed by atoms with Gasteiger partial charge in [-0.05, 0) is 46.5 Å². The van der Waals surface area contributed by atoms with Crippen molar-refractivity contribution in [3.05, 3.63) is 28.2 Å². The second-order valence-electron chi connectivity index (χ2n) is 5.01. The third kappa shape index (κ3) is 3.09. The van der Waals surface area contributed by atoms with Crippen LogP contribution in [0.1, 0.15) is 24.8 Å². The van der Waals surface area contributed by atoms with Gasteiger partial charge in [0.15, 0.2) is 0 Å². The van der Waals surface area contributed by atoms with Crippen LogP contribution in [0.2, 0.25) is 0 Å². The first-order chi connectivity index (χ1) is 9.07. The van der Waals surface area contributed by atoms with E-state index in [-0.39, 0.29) is 0 Å². The summed E-state index contributed by atoms with van der Waals surface area (Å²) < 4.78 is 6.08. The summed E-state index contributed by atoms with van der Waals surface area (Å²) in [5.41, 5.74) is 0.566. The normalized spacial score (nSPS) is 16.7. The molecule has 1 aromatic rings. The Hall–Kier alpha value is -1.07. The van der Waals surface area contributed by atoms with Crippen LogP contribution in [-0.4, -0.2) is 24.7 Å². The summed E-state index contributed by atoms with van der Waals surface area (Å²) in [5, 5.41) is 12.5. The maximum Gasteiger partial charge on any atom is 0.310 e. The van der Waals surface area contributed by atoms with E-state index in [0.717, 1.165) is 35.0 Å². The Morgan fingerprint density at radius 2 is 2.26 bits per heavy atom. The molecule has 1 aliphatic carbocycles. The molecule has 0 bridgehead atoms. The Morgan fingerprint density at radius 1 is 1.53 bits per heavy atom. The number of carboxylic acids is 1. The summed E-state index contributed by atoms with van der Waals surface area (Å²) in [4.78, 5) is 11.2. The molecule has 1 saturated carbocycles. The molecule has 0 aliphatic heterocycles. The van der Waals surface area contributed by atoms with Crippen LogP contribution in [0, 0.1) is 5.41 Å². The molecular formula is C14H18BrNO3. The van der Waals surface area contributed by atoms with Crippen molar-refractivity contribution in [2.75, 3.05) is 13.7 Å². The predicted octanol–water partition coefficient (Wildman–Crippen LogP) is 2.80. The molecule has 0 amide bonds. The number of carboxylic acid groups (broad SMARTS) is 1. The zero-order valence-electron chi connectivity index (χ0n) is 10.9. The van der Waals surface area contributed by atoms with E-state index in [9.17, 15) is 9.90 Å². The molecule has 104 valence electrons. The van der Waals surface area contributed by atoms with Gasteiger partial charge >= 0.3 is 5.97 Å². The first-order valence-corrected chi connectivity index (χ1v) is 7.13. The van der Waals surface area contributed by atoms with E-state index in [4.69, 9.17) is 4.74 Å². The average Bonchev–Trinajstić information content (AvgIpc) is 2.32. The molecule has 0 unspecified atom stereocenters. The molecule has 2 rings (SSSR count). The molecule has 0 spiro atoms. The monoisotopic (exact) mass is 327 g/mol. The van der Waals surface area contributed by atoms with Crippen LogP contribution in [-0.2, 0) is 11.3 Å². The number of rotatable bonds is 6. The molecule has 0 atom stereocenters. The van der Waals surface area contributed by atoms with Crippen molar-refractivity contribution in [2.45, 2.75) is 25.8 Å². The molecule has 0 radical (unpaired) electrons. The fourth-order valence-corrected chi connectivity index (χ4v) is 2.92. The largest absolute Gasteiger partial charge is 0.496 e. The van der Waals surface area contributed by atoms with E-state index in [1.54, 1.807) is 7.11 Å². The van der Waals surface area contributed by atoms with E-state index in [2.05, 4.69) is 21.2 Å². The molecule has 0 heterocycles. The zero-order chi connectivity index (χ0) is 13.9. The number of halogens is 1. The summed E-state index contributed by atoms with van der Waals surface area (Å²) in [7, 11) is 1.63. The summed E-state index contributed by atoms with van der Waals surface area (Å²) in [5.74, 6) is 0.118. The number of nitrogens with one attached hydrogen (secondary N) is 1. The maximum absolute atomic E-state index is 11.2. The highest BCUT2D eigenvalue weighted by molar-refractivity contribution is 9.10. The summed E-state index contributed by atoms with van der Waals surface area (Å²) >= 11 is 3.44. The van der Waals surface area contributed by atoms with Gasteiger partial charge in [-0.3, -0.25) is 4.79 Å². The summed E-state index contributed by atoms with van der Waals surface area (Å²) in [6.07, 6.45) is 2.57. The van der Waals surface area contributed by atoms with Gasteiger partial charge in [0.2, 0.25) is 0 Å². The van der Waals surface area contributed by atoms with Crippen LogP contribution in [0.3, 0.4) is 0 Å². The standard InChI is InChI=1S/C14H18BrNO3/c1-19-12-4-3-10(7-11(12)15)8-16-9-14(13(17)18)5-2-6-14/h3-4,7,16H,2,5-6,8-9H2,1H3,(H,17,18). The minimum atomic E-state index is -0.679.